The normalized spacial score (nSPS) is 19.7. The second-order valence-electron chi connectivity index (χ2n) is 6.45. The molecule has 1 atom stereocenters. The Hall–Kier alpha value is -0.610. The van der Waals surface area contributed by atoms with Crippen LogP contribution in [-0.4, -0.2) is 30.5 Å². The first-order valence-corrected chi connectivity index (χ1v) is 8.15. The maximum absolute atomic E-state index is 10.6. The minimum atomic E-state index is -0.639. The molecule has 1 unspecified atom stereocenters. The fourth-order valence-corrected chi connectivity index (χ4v) is 2.87. The van der Waals surface area contributed by atoms with Crippen LogP contribution in [0, 0.1) is 5.92 Å². The molecule has 0 aromatic heterocycles. The van der Waals surface area contributed by atoms with Crippen molar-refractivity contribution in [2.45, 2.75) is 44.8 Å². The molecule has 4 heteroatoms. The third-order valence-corrected chi connectivity index (χ3v) is 4.33. The molecule has 1 aromatic carbocycles. The van der Waals surface area contributed by atoms with E-state index in [9.17, 15) is 5.11 Å². The highest BCUT2D eigenvalue weighted by molar-refractivity contribution is 6.30. The summed E-state index contributed by atoms with van der Waals surface area (Å²) in [4.78, 5) is 0. The van der Waals surface area contributed by atoms with E-state index < -0.39 is 5.60 Å². The van der Waals surface area contributed by atoms with Crippen LogP contribution in [0.3, 0.4) is 0 Å². The zero-order chi connectivity index (χ0) is 15.3. The van der Waals surface area contributed by atoms with Crippen molar-refractivity contribution in [1.82, 2.24) is 5.32 Å². The first-order chi connectivity index (χ1) is 9.98. The second-order valence-corrected chi connectivity index (χ2v) is 6.89. The third-order valence-electron chi connectivity index (χ3n) is 4.08. The number of hydrogen-bond donors (Lipinski definition) is 2. The van der Waals surface area contributed by atoms with Crippen LogP contribution in [0.4, 0.5) is 0 Å². The first kappa shape index (κ1) is 16.8. The molecule has 1 fully saturated rings. The summed E-state index contributed by atoms with van der Waals surface area (Å²) in [5.74, 6) is 0.586. The fraction of sp³-hybridized carbons (Fsp3) is 0.647. The maximum Gasteiger partial charge on any atom is 0.0815 e. The molecule has 0 aliphatic carbocycles. The van der Waals surface area contributed by atoms with Crippen LogP contribution in [0.1, 0.15) is 44.7 Å². The van der Waals surface area contributed by atoms with Crippen LogP contribution in [0.5, 0.6) is 0 Å². The van der Waals surface area contributed by atoms with Crippen LogP contribution in [0.25, 0.3) is 0 Å². The van der Waals surface area contributed by atoms with Crippen molar-refractivity contribution in [3.05, 3.63) is 34.9 Å². The standard InChI is InChI=1S/C17H26ClNO2/c1-13(2)11-16(14-3-5-15(18)6-4-14)19-12-17(20)7-9-21-10-8-17/h3-6,13,16,19-20H,7-12H2,1-2H3. The average molecular weight is 312 g/mol. The van der Waals surface area contributed by atoms with Crippen molar-refractivity contribution >= 4 is 11.6 Å². The predicted octanol–water partition coefficient (Wildman–Crippen LogP) is 3.56. The minimum Gasteiger partial charge on any atom is -0.388 e. The van der Waals surface area contributed by atoms with Crippen molar-refractivity contribution in [1.29, 1.82) is 0 Å². The Morgan fingerprint density at radius 2 is 1.86 bits per heavy atom. The molecule has 0 spiro atoms. The van der Waals surface area contributed by atoms with Gasteiger partial charge in [-0.05, 0) is 30.0 Å². The summed E-state index contributed by atoms with van der Waals surface area (Å²) >= 11 is 5.97. The molecule has 3 nitrogen and oxygen atoms in total. The van der Waals surface area contributed by atoms with Gasteiger partial charge in [-0.15, -0.1) is 0 Å². The lowest BCUT2D eigenvalue weighted by atomic mass is 9.92. The molecule has 2 rings (SSSR count). The Labute approximate surface area is 132 Å². The van der Waals surface area contributed by atoms with E-state index >= 15 is 0 Å². The Balaban J connectivity index is 2.00. The lowest BCUT2D eigenvalue weighted by Gasteiger charge is -2.34. The Morgan fingerprint density at radius 3 is 2.43 bits per heavy atom. The Kier molecular flexibility index (Phi) is 6.06. The molecular weight excluding hydrogens is 286 g/mol. The molecule has 118 valence electrons. The van der Waals surface area contributed by atoms with Crippen molar-refractivity contribution < 1.29 is 9.84 Å². The molecule has 1 aliphatic rings. The molecule has 2 N–H and O–H groups in total. The number of benzene rings is 1. The molecule has 1 aliphatic heterocycles. The smallest absolute Gasteiger partial charge is 0.0815 e. The molecule has 0 saturated carbocycles. The summed E-state index contributed by atoms with van der Waals surface area (Å²) in [6.45, 7) is 6.33. The number of rotatable bonds is 6. The summed E-state index contributed by atoms with van der Waals surface area (Å²) in [5.41, 5.74) is 0.587. The highest BCUT2D eigenvalue weighted by Gasteiger charge is 2.30. The van der Waals surface area contributed by atoms with Gasteiger partial charge in [-0.1, -0.05) is 37.6 Å². The third kappa shape index (κ3) is 5.26. The summed E-state index contributed by atoms with van der Waals surface area (Å²) < 4.78 is 5.33. The highest BCUT2D eigenvalue weighted by Crippen LogP contribution is 2.25. The minimum absolute atomic E-state index is 0.245. The van der Waals surface area contributed by atoms with E-state index in [4.69, 9.17) is 16.3 Å². The zero-order valence-corrected chi connectivity index (χ0v) is 13.7. The number of ether oxygens (including phenoxy) is 1. The lowest BCUT2D eigenvalue weighted by Crippen LogP contribution is -2.46. The molecule has 1 saturated heterocycles. The van der Waals surface area contributed by atoms with Crippen molar-refractivity contribution in [2.24, 2.45) is 5.92 Å². The van der Waals surface area contributed by atoms with Crippen LogP contribution in [0.2, 0.25) is 5.02 Å². The number of halogens is 1. The van der Waals surface area contributed by atoms with E-state index in [1.165, 1.54) is 5.56 Å². The van der Waals surface area contributed by atoms with Gasteiger partial charge in [-0.25, -0.2) is 0 Å². The van der Waals surface area contributed by atoms with Crippen molar-refractivity contribution in [2.75, 3.05) is 19.8 Å². The van der Waals surface area contributed by atoms with Gasteiger partial charge in [0.1, 0.15) is 0 Å². The van der Waals surface area contributed by atoms with Crippen molar-refractivity contribution in [3.63, 3.8) is 0 Å². The lowest BCUT2D eigenvalue weighted by molar-refractivity contribution is -0.0630. The molecule has 21 heavy (non-hydrogen) atoms. The Morgan fingerprint density at radius 1 is 1.24 bits per heavy atom. The van der Waals surface area contributed by atoms with E-state index in [2.05, 4.69) is 31.3 Å². The van der Waals surface area contributed by atoms with Crippen LogP contribution >= 0.6 is 11.6 Å². The van der Waals surface area contributed by atoms with Gasteiger partial charge in [-0.3, -0.25) is 0 Å². The SMILES string of the molecule is CC(C)CC(NCC1(O)CCOCC1)c1ccc(Cl)cc1. The first-order valence-electron chi connectivity index (χ1n) is 7.77. The van der Waals surface area contributed by atoms with Gasteiger partial charge in [0.25, 0.3) is 0 Å². The van der Waals surface area contributed by atoms with E-state index in [1.807, 2.05) is 12.1 Å². The zero-order valence-electron chi connectivity index (χ0n) is 12.9. The summed E-state index contributed by atoms with van der Waals surface area (Å²) in [6.07, 6.45) is 2.44. The molecular formula is C17H26ClNO2. The van der Waals surface area contributed by atoms with Gasteiger partial charge in [0.05, 0.1) is 5.60 Å². The predicted molar refractivity (Wildman–Crippen MR) is 86.7 cm³/mol. The largest absolute Gasteiger partial charge is 0.388 e. The van der Waals surface area contributed by atoms with E-state index in [0.717, 1.165) is 11.4 Å². The van der Waals surface area contributed by atoms with Crippen LogP contribution in [-0.2, 0) is 4.74 Å². The average Bonchev–Trinajstić information content (AvgIpc) is 2.45. The topological polar surface area (TPSA) is 41.5 Å². The summed E-state index contributed by atoms with van der Waals surface area (Å²) in [5, 5.41) is 14.9. The van der Waals surface area contributed by atoms with E-state index in [0.29, 0.717) is 38.5 Å². The number of hydrogen-bond acceptors (Lipinski definition) is 3. The van der Waals surface area contributed by atoms with Gasteiger partial charge in [0.15, 0.2) is 0 Å². The molecule has 0 bridgehead atoms. The van der Waals surface area contributed by atoms with Crippen molar-refractivity contribution in [3.8, 4) is 0 Å². The van der Waals surface area contributed by atoms with Gasteiger partial charge in [0, 0.05) is 43.7 Å². The maximum atomic E-state index is 10.6. The van der Waals surface area contributed by atoms with Gasteiger partial charge < -0.3 is 15.2 Å². The molecule has 1 heterocycles. The second kappa shape index (κ2) is 7.59. The number of aliphatic hydroxyl groups is 1. The van der Waals surface area contributed by atoms with Crippen LogP contribution < -0.4 is 5.32 Å². The van der Waals surface area contributed by atoms with Gasteiger partial charge >= 0.3 is 0 Å². The van der Waals surface area contributed by atoms with Crippen LogP contribution in [0.15, 0.2) is 24.3 Å². The molecule has 0 radical (unpaired) electrons. The number of nitrogens with one attached hydrogen (secondary N) is 1. The van der Waals surface area contributed by atoms with Gasteiger partial charge in [-0.2, -0.15) is 0 Å². The Bertz CT molecular complexity index is 427. The monoisotopic (exact) mass is 311 g/mol. The molecule has 1 aromatic rings. The highest BCUT2D eigenvalue weighted by atomic mass is 35.5. The summed E-state index contributed by atoms with van der Waals surface area (Å²) in [7, 11) is 0. The van der Waals surface area contributed by atoms with E-state index in [1.54, 1.807) is 0 Å². The summed E-state index contributed by atoms with van der Waals surface area (Å²) in [6, 6.07) is 8.23. The molecule has 0 amide bonds. The fourth-order valence-electron chi connectivity index (χ4n) is 2.75. The van der Waals surface area contributed by atoms with E-state index in [-0.39, 0.29) is 6.04 Å². The quantitative estimate of drug-likeness (QED) is 0.844. The van der Waals surface area contributed by atoms with Gasteiger partial charge in [0.2, 0.25) is 0 Å².